The van der Waals surface area contributed by atoms with Gasteiger partial charge in [-0.05, 0) is 66.8 Å². The zero-order valence-corrected chi connectivity index (χ0v) is 17.6. The van der Waals surface area contributed by atoms with E-state index in [4.69, 9.17) is 0 Å². The van der Waals surface area contributed by atoms with Gasteiger partial charge in [-0.15, -0.1) is 0 Å². The number of benzene rings is 1. The molecule has 1 atom stereocenters. The van der Waals surface area contributed by atoms with Gasteiger partial charge in [-0.25, -0.2) is 4.98 Å². The van der Waals surface area contributed by atoms with Crippen LogP contribution in [0.4, 0.5) is 13.2 Å². The third kappa shape index (κ3) is 3.75. The zero-order chi connectivity index (χ0) is 23.4. The van der Waals surface area contributed by atoms with E-state index < -0.39 is 17.7 Å². The maximum Gasteiger partial charge on any atom is 0.416 e. The minimum Gasteiger partial charge on any atom is -0.481 e. The molecule has 3 aromatic rings. The van der Waals surface area contributed by atoms with Crippen molar-refractivity contribution in [2.24, 2.45) is 11.3 Å². The first-order valence-corrected chi connectivity index (χ1v) is 10.8. The lowest BCUT2D eigenvalue weighted by Gasteiger charge is -2.58. The Bertz CT molecular complexity index is 1230. The van der Waals surface area contributed by atoms with Gasteiger partial charge < -0.3 is 14.8 Å². The van der Waals surface area contributed by atoms with E-state index in [1.807, 2.05) is 6.07 Å². The number of pyridine rings is 1. The Morgan fingerprint density at radius 3 is 2.52 bits per heavy atom. The number of fused-ring (bicyclic) bond motifs is 1. The molecule has 2 fully saturated rings. The van der Waals surface area contributed by atoms with Gasteiger partial charge in [-0.3, -0.25) is 9.59 Å². The molecule has 0 bridgehead atoms. The molecule has 0 aliphatic heterocycles. The fourth-order valence-electron chi connectivity index (χ4n) is 5.20. The van der Waals surface area contributed by atoms with Crippen LogP contribution in [0.15, 0.2) is 48.9 Å². The SMILES string of the molecule is O=C(NC1CCC12CC(C(=O)O)C2)c1ncn2cccc(Cc3ccc(C(F)(F)F)cc3)c12. The van der Waals surface area contributed by atoms with Crippen molar-refractivity contribution in [1.82, 2.24) is 14.7 Å². The number of amides is 1. The Morgan fingerprint density at radius 1 is 1.18 bits per heavy atom. The second-order valence-electron chi connectivity index (χ2n) is 9.12. The lowest BCUT2D eigenvalue weighted by molar-refractivity contribution is -0.156. The third-order valence-electron chi connectivity index (χ3n) is 7.16. The number of carbonyl (C=O) groups excluding carboxylic acids is 1. The van der Waals surface area contributed by atoms with Crippen LogP contribution >= 0.6 is 0 Å². The fraction of sp³-hybridized carbons (Fsp3) is 0.375. The van der Waals surface area contributed by atoms with Crippen LogP contribution in [0.25, 0.3) is 5.52 Å². The molecular formula is C24H22F3N3O3. The van der Waals surface area contributed by atoms with Crippen molar-refractivity contribution in [3.8, 4) is 0 Å². The largest absolute Gasteiger partial charge is 0.481 e. The normalized spacial score (nSPS) is 24.3. The number of nitrogens with one attached hydrogen (secondary N) is 1. The molecule has 5 rings (SSSR count). The van der Waals surface area contributed by atoms with Gasteiger partial charge in [0.2, 0.25) is 0 Å². The summed E-state index contributed by atoms with van der Waals surface area (Å²) >= 11 is 0. The average Bonchev–Trinajstić information content (AvgIpc) is 3.15. The number of rotatable bonds is 5. The quantitative estimate of drug-likeness (QED) is 0.598. The summed E-state index contributed by atoms with van der Waals surface area (Å²) in [5, 5.41) is 12.2. The molecule has 2 aliphatic rings. The number of carbonyl (C=O) groups is 2. The first kappa shape index (κ1) is 21.5. The Balaban J connectivity index is 1.36. The highest BCUT2D eigenvalue weighted by Gasteiger charge is 2.57. The minimum atomic E-state index is -4.39. The highest BCUT2D eigenvalue weighted by atomic mass is 19.4. The summed E-state index contributed by atoms with van der Waals surface area (Å²) in [7, 11) is 0. The van der Waals surface area contributed by atoms with Gasteiger partial charge in [-0.1, -0.05) is 18.2 Å². The van der Waals surface area contributed by atoms with Crippen LogP contribution in [-0.4, -0.2) is 32.4 Å². The summed E-state index contributed by atoms with van der Waals surface area (Å²) in [6.07, 6.45) is 2.14. The highest BCUT2D eigenvalue weighted by molar-refractivity contribution is 6.00. The second-order valence-corrected chi connectivity index (χ2v) is 9.12. The molecule has 1 aromatic carbocycles. The minimum absolute atomic E-state index is 0.0700. The number of halogens is 3. The molecule has 0 radical (unpaired) electrons. The average molecular weight is 457 g/mol. The number of imidazole rings is 1. The maximum absolute atomic E-state index is 13.1. The van der Waals surface area contributed by atoms with Crippen LogP contribution in [-0.2, 0) is 17.4 Å². The Labute approximate surface area is 187 Å². The topological polar surface area (TPSA) is 83.7 Å². The number of alkyl halides is 3. The Morgan fingerprint density at radius 2 is 1.91 bits per heavy atom. The summed E-state index contributed by atoms with van der Waals surface area (Å²) < 4.78 is 40.3. The maximum atomic E-state index is 13.1. The van der Waals surface area contributed by atoms with Crippen LogP contribution in [0.1, 0.15) is 52.9 Å². The molecule has 2 heterocycles. The molecular weight excluding hydrogens is 435 g/mol. The van der Waals surface area contributed by atoms with Gasteiger partial charge in [0.1, 0.15) is 6.33 Å². The summed E-state index contributed by atoms with van der Waals surface area (Å²) in [6.45, 7) is 0. The number of nitrogens with zero attached hydrogens (tertiary/aromatic N) is 2. The molecule has 1 amide bonds. The van der Waals surface area contributed by atoms with Crippen molar-refractivity contribution in [2.75, 3.05) is 0 Å². The summed E-state index contributed by atoms with van der Waals surface area (Å²) in [4.78, 5) is 28.6. The number of hydrogen-bond acceptors (Lipinski definition) is 3. The predicted molar refractivity (Wildman–Crippen MR) is 113 cm³/mol. The fourth-order valence-corrected chi connectivity index (χ4v) is 5.20. The molecule has 2 aliphatic carbocycles. The number of aromatic nitrogens is 2. The van der Waals surface area contributed by atoms with E-state index in [9.17, 15) is 27.9 Å². The number of aliphatic carboxylic acids is 1. The standard InChI is InChI=1S/C24H22F3N3O3/c25-24(26,27)17-5-3-14(4-6-17)10-15-2-1-9-30-13-28-19(20(15)30)21(31)29-18-7-8-23(18)11-16(12-23)22(32)33/h1-6,9,13,16,18H,7-8,10-12H2,(H,29,31)(H,32,33). The van der Waals surface area contributed by atoms with Gasteiger partial charge in [0.05, 0.1) is 17.0 Å². The van der Waals surface area contributed by atoms with Crippen molar-refractivity contribution < 1.29 is 27.9 Å². The third-order valence-corrected chi connectivity index (χ3v) is 7.16. The molecule has 33 heavy (non-hydrogen) atoms. The molecule has 2 N–H and O–H groups in total. The molecule has 2 aromatic heterocycles. The van der Waals surface area contributed by atoms with Crippen LogP contribution in [0.2, 0.25) is 0 Å². The van der Waals surface area contributed by atoms with Gasteiger partial charge >= 0.3 is 12.1 Å². The summed E-state index contributed by atoms with van der Waals surface area (Å²) in [5.74, 6) is -1.45. The van der Waals surface area contributed by atoms with Crippen molar-refractivity contribution in [3.05, 3.63) is 71.3 Å². The van der Waals surface area contributed by atoms with Gasteiger partial charge in [0.25, 0.3) is 5.91 Å². The van der Waals surface area contributed by atoms with Crippen LogP contribution in [0, 0.1) is 11.3 Å². The molecule has 2 saturated carbocycles. The molecule has 172 valence electrons. The lowest BCUT2D eigenvalue weighted by Crippen LogP contribution is -2.62. The Hall–Kier alpha value is -3.36. The molecule has 9 heteroatoms. The highest BCUT2D eigenvalue weighted by Crippen LogP contribution is 2.58. The van der Waals surface area contributed by atoms with E-state index in [2.05, 4.69) is 10.3 Å². The van der Waals surface area contributed by atoms with Crippen molar-refractivity contribution in [2.45, 2.75) is 44.3 Å². The van der Waals surface area contributed by atoms with Crippen LogP contribution in [0.5, 0.6) is 0 Å². The van der Waals surface area contributed by atoms with E-state index >= 15 is 0 Å². The van der Waals surface area contributed by atoms with Gasteiger partial charge in [0.15, 0.2) is 5.69 Å². The van der Waals surface area contributed by atoms with E-state index in [1.54, 1.807) is 23.0 Å². The number of hydrogen-bond donors (Lipinski definition) is 2. The van der Waals surface area contributed by atoms with E-state index in [-0.39, 0.29) is 29.0 Å². The summed E-state index contributed by atoms with van der Waals surface area (Å²) in [5.41, 5.74) is 1.50. The van der Waals surface area contributed by atoms with Gasteiger partial charge in [-0.2, -0.15) is 13.2 Å². The first-order chi connectivity index (χ1) is 15.7. The molecule has 6 nitrogen and oxygen atoms in total. The van der Waals surface area contributed by atoms with Gasteiger partial charge in [0, 0.05) is 12.2 Å². The first-order valence-electron chi connectivity index (χ1n) is 10.8. The zero-order valence-electron chi connectivity index (χ0n) is 17.6. The number of carboxylic acids is 1. The summed E-state index contributed by atoms with van der Waals surface area (Å²) in [6, 6.07) is 8.55. The van der Waals surface area contributed by atoms with E-state index in [1.165, 1.54) is 12.1 Å². The molecule has 0 saturated heterocycles. The molecule has 1 spiro atoms. The predicted octanol–water partition coefficient (Wildman–Crippen LogP) is 4.32. The lowest BCUT2D eigenvalue weighted by atomic mass is 9.49. The monoisotopic (exact) mass is 457 g/mol. The Kier molecular flexibility index (Phi) is 4.95. The van der Waals surface area contributed by atoms with E-state index in [0.29, 0.717) is 30.3 Å². The van der Waals surface area contributed by atoms with Crippen molar-refractivity contribution in [3.63, 3.8) is 0 Å². The van der Waals surface area contributed by atoms with E-state index in [0.717, 1.165) is 30.5 Å². The molecule has 1 unspecified atom stereocenters. The second kappa shape index (κ2) is 7.60. The smallest absolute Gasteiger partial charge is 0.416 e. The van der Waals surface area contributed by atoms with Crippen LogP contribution in [0.3, 0.4) is 0 Å². The number of carboxylic acid groups (broad SMARTS) is 1. The van der Waals surface area contributed by atoms with Crippen molar-refractivity contribution >= 4 is 17.4 Å². The van der Waals surface area contributed by atoms with Crippen molar-refractivity contribution in [1.29, 1.82) is 0 Å². The van der Waals surface area contributed by atoms with Crippen LogP contribution < -0.4 is 5.32 Å².